The molecule has 0 amide bonds. The molecule has 0 heterocycles. The molecule has 0 aliphatic carbocycles. The van der Waals surface area contributed by atoms with E-state index in [0.717, 1.165) is 6.42 Å². The molecular formula is C8H16O2. The molecule has 60 valence electrons. The van der Waals surface area contributed by atoms with Crippen molar-refractivity contribution in [2.45, 2.75) is 26.4 Å². The van der Waals surface area contributed by atoms with Gasteiger partial charge in [-0.1, -0.05) is 12.2 Å². The zero-order valence-electron chi connectivity index (χ0n) is 6.71. The highest BCUT2D eigenvalue weighted by Crippen LogP contribution is 1.87. The molecule has 0 fully saturated rings. The maximum Gasteiger partial charge on any atom is 0.0745 e. The predicted octanol–water partition coefficient (Wildman–Crippen LogP) is 1.35. The van der Waals surface area contributed by atoms with Crippen LogP contribution in [-0.2, 0) is 4.74 Å². The summed E-state index contributed by atoms with van der Waals surface area (Å²) in [7, 11) is 0. The minimum atomic E-state index is -0.342. The van der Waals surface area contributed by atoms with Gasteiger partial charge in [0.15, 0.2) is 0 Å². The van der Waals surface area contributed by atoms with Crippen molar-refractivity contribution in [3.63, 3.8) is 0 Å². The first-order chi connectivity index (χ1) is 4.77. The van der Waals surface area contributed by atoms with Gasteiger partial charge >= 0.3 is 0 Å². The molecule has 1 unspecified atom stereocenters. The summed E-state index contributed by atoms with van der Waals surface area (Å²) in [5.41, 5.74) is 0. The van der Waals surface area contributed by atoms with E-state index in [4.69, 9.17) is 9.84 Å². The zero-order chi connectivity index (χ0) is 7.82. The molecule has 0 saturated carbocycles. The van der Waals surface area contributed by atoms with Crippen LogP contribution in [0.4, 0.5) is 0 Å². The Morgan fingerprint density at radius 3 is 2.80 bits per heavy atom. The summed E-state index contributed by atoms with van der Waals surface area (Å²) < 4.78 is 5.10. The van der Waals surface area contributed by atoms with Crippen LogP contribution in [0.1, 0.15) is 20.3 Å². The van der Waals surface area contributed by atoms with E-state index in [1.54, 1.807) is 6.92 Å². The van der Waals surface area contributed by atoms with Crippen LogP contribution >= 0.6 is 0 Å². The minimum Gasteiger partial charge on any atom is -0.391 e. The molecule has 0 aromatic rings. The summed E-state index contributed by atoms with van der Waals surface area (Å²) in [4.78, 5) is 0. The van der Waals surface area contributed by atoms with Gasteiger partial charge in [-0.3, -0.25) is 0 Å². The Balaban J connectivity index is 2.91. The number of hydrogen-bond donors (Lipinski definition) is 1. The van der Waals surface area contributed by atoms with Gasteiger partial charge in [0.2, 0.25) is 0 Å². The number of rotatable bonds is 5. The van der Waals surface area contributed by atoms with Crippen molar-refractivity contribution >= 4 is 0 Å². The van der Waals surface area contributed by atoms with Crippen molar-refractivity contribution in [3.8, 4) is 0 Å². The molecule has 0 radical (unpaired) electrons. The van der Waals surface area contributed by atoms with E-state index in [0.29, 0.717) is 13.2 Å². The second-order valence-corrected chi connectivity index (χ2v) is 2.28. The lowest BCUT2D eigenvalue weighted by molar-refractivity contribution is 0.0484. The first-order valence-corrected chi connectivity index (χ1v) is 3.64. The van der Waals surface area contributed by atoms with Gasteiger partial charge in [-0.2, -0.15) is 0 Å². The summed E-state index contributed by atoms with van der Waals surface area (Å²) in [5.74, 6) is 0. The van der Waals surface area contributed by atoms with Crippen LogP contribution in [0.3, 0.4) is 0 Å². The molecule has 2 nitrogen and oxygen atoms in total. The van der Waals surface area contributed by atoms with Crippen molar-refractivity contribution in [2.75, 3.05) is 13.2 Å². The van der Waals surface area contributed by atoms with Gasteiger partial charge in [0.05, 0.1) is 19.3 Å². The van der Waals surface area contributed by atoms with E-state index in [9.17, 15) is 0 Å². The second kappa shape index (κ2) is 6.78. The quantitative estimate of drug-likeness (QED) is 0.466. The third kappa shape index (κ3) is 7.66. The lowest BCUT2D eigenvalue weighted by Gasteiger charge is -2.03. The molecule has 1 atom stereocenters. The lowest BCUT2D eigenvalue weighted by atomic mass is 10.4. The zero-order valence-corrected chi connectivity index (χ0v) is 6.71. The fourth-order valence-electron chi connectivity index (χ4n) is 0.572. The van der Waals surface area contributed by atoms with Crippen LogP contribution in [0.2, 0.25) is 0 Å². The molecule has 0 saturated heterocycles. The SMILES string of the molecule is CC=CCCOCC(C)O. The molecule has 0 bridgehead atoms. The number of ether oxygens (including phenoxy) is 1. The van der Waals surface area contributed by atoms with Crippen LogP contribution in [0.15, 0.2) is 12.2 Å². The monoisotopic (exact) mass is 144 g/mol. The van der Waals surface area contributed by atoms with E-state index in [1.807, 2.05) is 19.1 Å². The second-order valence-electron chi connectivity index (χ2n) is 2.28. The molecule has 0 rings (SSSR count). The minimum absolute atomic E-state index is 0.342. The highest BCUT2D eigenvalue weighted by molar-refractivity contribution is 4.75. The first kappa shape index (κ1) is 9.66. The van der Waals surface area contributed by atoms with Gasteiger partial charge in [0.1, 0.15) is 0 Å². The molecule has 1 N–H and O–H groups in total. The van der Waals surface area contributed by atoms with Crippen molar-refractivity contribution < 1.29 is 9.84 Å². The summed E-state index contributed by atoms with van der Waals surface area (Å²) in [6.07, 6.45) is 4.63. The van der Waals surface area contributed by atoms with E-state index in [-0.39, 0.29) is 6.10 Å². The van der Waals surface area contributed by atoms with Crippen molar-refractivity contribution in [1.82, 2.24) is 0 Å². The average molecular weight is 144 g/mol. The Hall–Kier alpha value is -0.340. The van der Waals surface area contributed by atoms with Gasteiger partial charge < -0.3 is 9.84 Å². The Morgan fingerprint density at radius 2 is 2.30 bits per heavy atom. The Kier molecular flexibility index (Phi) is 6.55. The Labute approximate surface area is 62.5 Å². The maximum atomic E-state index is 8.77. The third-order valence-electron chi connectivity index (χ3n) is 1.02. The van der Waals surface area contributed by atoms with Gasteiger partial charge in [-0.25, -0.2) is 0 Å². The molecule has 10 heavy (non-hydrogen) atoms. The summed E-state index contributed by atoms with van der Waals surface area (Å²) in [6, 6.07) is 0. The largest absolute Gasteiger partial charge is 0.391 e. The molecule has 0 aromatic heterocycles. The standard InChI is InChI=1S/C8H16O2/c1-3-4-5-6-10-7-8(2)9/h3-4,8-9H,5-7H2,1-2H3. The highest BCUT2D eigenvalue weighted by Gasteiger charge is 1.92. The third-order valence-corrected chi connectivity index (χ3v) is 1.02. The molecule has 0 aromatic carbocycles. The van der Waals surface area contributed by atoms with E-state index in [1.165, 1.54) is 0 Å². The Morgan fingerprint density at radius 1 is 1.60 bits per heavy atom. The summed E-state index contributed by atoms with van der Waals surface area (Å²) in [5, 5.41) is 8.77. The van der Waals surface area contributed by atoms with Crippen LogP contribution in [0, 0.1) is 0 Å². The smallest absolute Gasteiger partial charge is 0.0745 e. The van der Waals surface area contributed by atoms with Gasteiger partial charge in [-0.05, 0) is 20.3 Å². The van der Waals surface area contributed by atoms with Crippen LogP contribution < -0.4 is 0 Å². The van der Waals surface area contributed by atoms with Crippen molar-refractivity contribution in [2.24, 2.45) is 0 Å². The molecule has 0 aliphatic rings. The molecule has 0 aliphatic heterocycles. The highest BCUT2D eigenvalue weighted by atomic mass is 16.5. The van der Waals surface area contributed by atoms with Crippen molar-refractivity contribution in [3.05, 3.63) is 12.2 Å². The summed E-state index contributed by atoms with van der Waals surface area (Å²) in [6.45, 7) is 4.84. The van der Waals surface area contributed by atoms with Gasteiger partial charge in [0.25, 0.3) is 0 Å². The molecular weight excluding hydrogens is 128 g/mol. The molecule has 0 spiro atoms. The fourth-order valence-corrected chi connectivity index (χ4v) is 0.572. The maximum absolute atomic E-state index is 8.77. The van der Waals surface area contributed by atoms with Crippen LogP contribution in [0.5, 0.6) is 0 Å². The van der Waals surface area contributed by atoms with E-state index < -0.39 is 0 Å². The Bertz CT molecular complexity index is 87.3. The summed E-state index contributed by atoms with van der Waals surface area (Å²) >= 11 is 0. The first-order valence-electron chi connectivity index (χ1n) is 3.64. The van der Waals surface area contributed by atoms with Crippen LogP contribution in [-0.4, -0.2) is 24.4 Å². The van der Waals surface area contributed by atoms with E-state index >= 15 is 0 Å². The van der Waals surface area contributed by atoms with E-state index in [2.05, 4.69) is 0 Å². The average Bonchev–Trinajstić information content (AvgIpc) is 1.87. The topological polar surface area (TPSA) is 29.5 Å². The fraction of sp³-hybridized carbons (Fsp3) is 0.750. The molecule has 2 heteroatoms. The van der Waals surface area contributed by atoms with Crippen LogP contribution in [0.25, 0.3) is 0 Å². The predicted molar refractivity (Wildman–Crippen MR) is 41.9 cm³/mol. The van der Waals surface area contributed by atoms with Crippen molar-refractivity contribution in [1.29, 1.82) is 0 Å². The number of aliphatic hydroxyl groups is 1. The number of allylic oxidation sites excluding steroid dienone is 1. The number of hydrogen-bond acceptors (Lipinski definition) is 2. The lowest BCUT2D eigenvalue weighted by Crippen LogP contribution is -2.10. The number of aliphatic hydroxyl groups excluding tert-OH is 1. The van der Waals surface area contributed by atoms with Gasteiger partial charge in [-0.15, -0.1) is 0 Å². The van der Waals surface area contributed by atoms with Gasteiger partial charge in [0, 0.05) is 0 Å². The normalized spacial score (nSPS) is 14.3.